The third kappa shape index (κ3) is 2.53. The minimum atomic E-state index is 0.306. The van der Waals surface area contributed by atoms with Crippen molar-refractivity contribution in [3.05, 3.63) is 34.9 Å². The molecule has 2 rings (SSSR count). The highest BCUT2D eigenvalue weighted by atomic mass is 16.5. The molecule has 1 aromatic rings. The molecular weight excluding hydrogens is 210 g/mol. The van der Waals surface area contributed by atoms with Crippen LogP contribution in [-0.4, -0.2) is 20.3 Å². The molecular formula is C15H23NO. The molecule has 0 amide bonds. The smallest absolute Gasteiger partial charge is 0.0794 e. The lowest BCUT2D eigenvalue weighted by molar-refractivity contribution is 0.0528. The second-order valence-electron chi connectivity index (χ2n) is 5.09. The third-order valence-corrected chi connectivity index (χ3v) is 3.98. The van der Waals surface area contributed by atoms with Gasteiger partial charge in [0, 0.05) is 7.11 Å². The molecule has 0 saturated heterocycles. The zero-order chi connectivity index (χ0) is 12.4. The Labute approximate surface area is 104 Å². The zero-order valence-corrected chi connectivity index (χ0v) is 11.3. The molecule has 0 aromatic heterocycles. The maximum atomic E-state index is 5.71. The fourth-order valence-corrected chi connectivity index (χ4v) is 2.63. The summed E-state index contributed by atoms with van der Waals surface area (Å²) in [5, 5.41) is 3.43. The van der Waals surface area contributed by atoms with Gasteiger partial charge in [0.1, 0.15) is 0 Å². The van der Waals surface area contributed by atoms with Gasteiger partial charge in [0.05, 0.1) is 12.1 Å². The predicted octanol–water partition coefficient (Wildman–Crippen LogP) is 2.99. The largest absolute Gasteiger partial charge is 0.379 e. The van der Waals surface area contributed by atoms with E-state index in [4.69, 9.17) is 4.74 Å². The van der Waals surface area contributed by atoms with Gasteiger partial charge < -0.3 is 10.1 Å². The summed E-state index contributed by atoms with van der Waals surface area (Å²) < 4.78 is 5.71. The van der Waals surface area contributed by atoms with Crippen LogP contribution in [0.2, 0.25) is 0 Å². The van der Waals surface area contributed by atoms with Crippen molar-refractivity contribution in [3.63, 3.8) is 0 Å². The summed E-state index contributed by atoms with van der Waals surface area (Å²) in [4.78, 5) is 0. The highest BCUT2D eigenvalue weighted by Crippen LogP contribution is 2.40. The summed E-state index contributed by atoms with van der Waals surface area (Å²) >= 11 is 0. The standard InChI is InChI=1S/C15H23NO/c1-10-6-5-7-13(11(10)2)14(16-3)15(17-4)12-8-9-12/h5-7,12,14-16H,8-9H2,1-4H3. The maximum absolute atomic E-state index is 5.71. The number of aryl methyl sites for hydroxylation is 1. The Bertz CT molecular complexity index is 385. The van der Waals surface area contributed by atoms with E-state index in [2.05, 4.69) is 37.4 Å². The molecule has 0 aliphatic heterocycles. The fraction of sp³-hybridized carbons (Fsp3) is 0.600. The van der Waals surface area contributed by atoms with Crippen LogP contribution in [0.5, 0.6) is 0 Å². The number of ether oxygens (including phenoxy) is 1. The summed E-state index contributed by atoms with van der Waals surface area (Å²) in [5.41, 5.74) is 4.12. The number of hydrogen-bond donors (Lipinski definition) is 1. The Morgan fingerprint density at radius 2 is 2.00 bits per heavy atom. The van der Waals surface area contributed by atoms with Crippen LogP contribution < -0.4 is 5.32 Å². The molecule has 1 N–H and O–H groups in total. The van der Waals surface area contributed by atoms with E-state index in [1.54, 1.807) is 0 Å². The minimum Gasteiger partial charge on any atom is -0.379 e. The van der Waals surface area contributed by atoms with E-state index in [9.17, 15) is 0 Å². The Morgan fingerprint density at radius 1 is 1.29 bits per heavy atom. The van der Waals surface area contributed by atoms with Crippen molar-refractivity contribution in [1.29, 1.82) is 0 Å². The molecule has 1 aromatic carbocycles. The van der Waals surface area contributed by atoms with Crippen molar-refractivity contribution >= 4 is 0 Å². The van der Waals surface area contributed by atoms with Crippen molar-refractivity contribution in [3.8, 4) is 0 Å². The number of benzene rings is 1. The van der Waals surface area contributed by atoms with Crippen molar-refractivity contribution in [2.75, 3.05) is 14.2 Å². The Balaban J connectivity index is 2.30. The van der Waals surface area contributed by atoms with Gasteiger partial charge in [0.15, 0.2) is 0 Å². The number of rotatable bonds is 5. The Kier molecular flexibility index (Phi) is 3.85. The van der Waals surface area contributed by atoms with Gasteiger partial charge in [-0.2, -0.15) is 0 Å². The monoisotopic (exact) mass is 233 g/mol. The van der Waals surface area contributed by atoms with Crippen molar-refractivity contribution in [1.82, 2.24) is 5.32 Å². The second-order valence-corrected chi connectivity index (χ2v) is 5.09. The average molecular weight is 233 g/mol. The van der Waals surface area contributed by atoms with Crippen LogP contribution in [-0.2, 0) is 4.74 Å². The SMILES string of the molecule is CNC(c1cccc(C)c1C)C(OC)C1CC1. The lowest BCUT2D eigenvalue weighted by atomic mass is 9.92. The lowest BCUT2D eigenvalue weighted by Gasteiger charge is -2.28. The minimum absolute atomic E-state index is 0.306. The van der Waals surface area contributed by atoms with Crippen LogP contribution in [0.25, 0.3) is 0 Å². The normalized spacial score (nSPS) is 19.1. The molecule has 17 heavy (non-hydrogen) atoms. The molecule has 1 aliphatic rings. The van der Waals surface area contributed by atoms with Gasteiger partial charge in [0.2, 0.25) is 0 Å². The van der Waals surface area contributed by atoms with Gasteiger partial charge in [0.25, 0.3) is 0 Å². The summed E-state index contributed by atoms with van der Waals surface area (Å²) in [7, 11) is 3.86. The van der Waals surface area contributed by atoms with Crippen LogP contribution >= 0.6 is 0 Å². The van der Waals surface area contributed by atoms with Crippen LogP contribution in [0.15, 0.2) is 18.2 Å². The summed E-state index contributed by atoms with van der Waals surface area (Å²) in [6, 6.07) is 6.84. The number of nitrogens with one attached hydrogen (secondary N) is 1. The third-order valence-electron chi connectivity index (χ3n) is 3.98. The van der Waals surface area contributed by atoms with E-state index in [1.807, 2.05) is 14.2 Å². The van der Waals surface area contributed by atoms with E-state index in [-0.39, 0.29) is 0 Å². The van der Waals surface area contributed by atoms with Gasteiger partial charge in [-0.15, -0.1) is 0 Å². The molecule has 2 heteroatoms. The summed E-state index contributed by atoms with van der Waals surface area (Å²) in [6.45, 7) is 4.37. The van der Waals surface area contributed by atoms with Gasteiger partial charge >= 0.3 is 0 Å². The first kappa shape index (κ1) is 12.6. The van der Waals surface area contributed by atoms with E-state index >= 15 is 0 Å². The van der Waals surface area contributed by atoms with Gasteiger partial charge in [-0.05, 0) is 56.3 Å². The average Bonchev–Trinajstić information content (AvgIpc) is 3.14. The molecule has 0 radical (unpaired) electrons. The zero-order valence-electron chi connectivity index (χ0n) is 11.3. The summed E-state index contributed by atoms with van der Waals surface area (Å²) in [6.07, 6.45) is 2.92. The summed E-state index contributed by atoms with van der Waals surface area (Å²) in [5.74, 6) is 0.734. The van der Waals surface area contributed by atoms with Gasteiger partial charge in [-0.25, -0.2) is 0 Å². The Hall–Kier alpha value is -0.860. The number of methoxy groups -OCH3 is 1. The van der Waals surface area contributed by atoms with Crippen LogP contribution in [0.1, 0.15) is 35.6 Å². The molecule has 0 bridgehead atoms. The number of likely N-dealkylation sites (N-methyl/N-ethyl adjacent to an activating group) is 1. The molecule has 94 valence electrons. The quantitative estimate of drug-likeness (QED) is 0.844. The highest BCUT2D eigenvalue weighted by molar-refractivity contribution is 5.36. The van der Waals surface area contributed by atoms with E-state index < -0.39 is 0 Å². The molecule has 0 heterocycles. The molecule has 1 saturated carbocycles. The first-order valence-electron chi connectivity index (χ1n) is 6.45. The molecule has 2 atom stereocenters. The van der Waals surface area contributed by atoms with E-state index in [0.29, 0.717) is 12.1 Å². The first-order chi connectivity index (χ1) is 8.19. The van der Waals surface area contributed by atoms with Crippen LogP contribution in [0, 0.1) is 19.8 Å². The van der Waals surface area contributed by atoms with Gasteiger partial charge in [-0.3, -0.25) is 0 Å². The molecule has 0 spiro atoms. The topological polar surface area (TPSA) is 21.3 Å². The van der Waals surface area contributed by atoms with Crippen LogP contribution in [0.4, 0.5) is 0 Å². The van der Waals surface area contributed by atoms with Crippen molar-refractivity contribution in [2.45, 2.75) is 38.8 Å². The van der Waals surface area contributed by atoms with Crippen molar-refractivity contribution in [2.24, 2.45) is 5.92 Å². The second kappa shape index (κ2) is 5.19. The molecule has 1 fully saturated rings. The Morgan fingerprint density at radius 3 is 2.53 bits per heavy atom. The maximum Gasteiger partial charge on any atom is 0.0794 e. The van der Waals surface area contributed by atoms with E-state index in [0.717, 1.165) is 5.92 Å². The molecule has 2 nitrogen and oxygen atoms in total. The molecule has 1 aliphatic carbocycles. The van der Waals surface area contributed by atoms with E-state index in [1.165, 1.54) is 29.5 Å². The number of hydrogen-bond acceptors (Lipinski definition) is 2. The van der Waals surface area contributed by atoms with Crippen LogP contribution in [0.3, 0.4) is 0 Å². The molecule has 2 unspecified atom stereocenters. The highest BCUT2D eigenvalue weighted by Gasteiger charge is 2.37. The van der Waals surface area contributed by atoms with Crippen molar-refractivity contribution < 1.29 is 4.74 Å². The predicted molar refractivity (Wildman–Crippen MR) is 71.2 cm³/mol. The first-order valence-corrected chi connectivity index (χ1v) is 6.45. The fourth-order valence-electron chi connectivity index (χ4n) is 2.63. The lowest BCUT2D eigenvalue weighted by Crippen LogP contribution is -2.33. The van der Waals surface area contributed by atoms with Gasteiger partial charge in [-0.1, -0.05) is 18.2 Å².